The first-order valence-corrected chi connectivity index (χ1v) is 8.10. The number of aliphatic imine (C=N–C) groups is 1. The van der Waals surface area contributed by atoms with Crippen LogP contribution in [-0.4, -0.2) is 38.7 Å². The standard InChI is InChI=1S/C16H23ClN4/c1-18-16(19-10-12-5-6-12)20-14-7-8-21(11-14)15-4-2-3-13(17)9-15/h2-4,9,12,14H,5-8,10-11H2,1H3,(H2,18,19,20). The summed E-state index contributed by atoms with van der Waals surface area (Å²) in [5.41, 5.74) is 1.20. The quantitative estimate of drug-likeness (QED) is 0.663. The molecule has 1 aromatic carbocycles. The summed E-state index contributed by atoms with van der Waals surface area (Å²) in [4.78, 5) is 6.69. The van der Waals surface area contributed by atoms with Gasteiger partial charge in [0.2, 0.25) is 0 Å². The summed E-state index contributed by atoms with van der Waals surface area (Å²) in [6.07, 6.45) is 3.84. The normalized spacial score (nSPS) is 22.5. The Morgan fingerprint density at radius 3 is 2.95 bits per heavy atom. The van der Waals surface area contributed by atoms with Gasteiger partial charge in [-0.25, -0.2) is 0 Å². The van der Waals surface area contributed by atoms with Crippen molar-refractivity contribution >= 4 is 23.2 Å². The molecule has 114 valence electrons. The second-order valence-corrected chi connectivity index (χ2v) is 6.39. The fourth-order valence-corrected chi connectivity index (χ4v) is 2.92. The van der Waals surface area contributed by atoms with Gasteiger partial charge in [0.05, 0.1) is 0 Å². The molecular formula is C16H23ClN4. The second-order valence-electron chi connectivity index (χ2n) is 5.95. The minimum absolute atomic E-state index is 0.439. The van der Waals surface area contributed by atoms with Crippen LogP contribution in [0.1, 0.15) is 19.3 Å². The Morgan fingerprint density at radius 1 is 1.38 bits per heavy atom. The Bertz CT molecular complexity index is 513. The molecule has 1 unspecified atom stereocenters. The zero-order chi connectivity index (χ0) is 14.7. The van der Waals surface area contributed by atoms with Crippen LogP contribution in [0.2, 0.25) is 5.02 Å². The summed E-state index contributed by atoms with van der Waals surface area (Å²) in [7, 11) is 1.84. The second kappa shape index (κ2) is 6.56. The van der Waals surface area contributed by atoms with Crippen LogP contribution in [0.25, 0.3) is 0 Å². The van der Waals surface area contributed by atoms with Gasteiger partial charge in [-0.15, -0.1) is 0 Å². The number of halogens is 1. The Kier molecular flexibility index (Phi) is 4.54. The lowest BCUT2D eigenvalue weighted by Crippen LogP contribution is -2.45. The van der Waals surface area contributed by atoms with Gasteiger partial charge in [0.15, 0.2) is 5.96 Å². The molecule has 21 heavy (non-hydrogen) atoms. The topological polar surface area (TPSA) is 39.7 Å². The smallest absolute Gasteiger partial charge is 0.191 e. The maximum atomic E-state index is 6.07. The number of guanidine groups is 1. The maximum absolute atomic E-state index is 6.07. The molecule has 0 spiro atoms. The largest absolute Gasteiger partial charge is 0.369 e. The Hall–Kier alpha value is -1.42. The van der Waals surface area contributed by atoms with E-state index in [-0.39, 0.29) is 0 Å². The van der Waals surface area contributed by atoms with Crippen molar-refractivity contribution in [2.24, 2.45) is 10.9 Å². The van der Waals surface area contributed by atoms with Gasteiger partial charge in [-0.05, 0) is 43.4 Å². The average Bonchev–Trinajstić information content (AvgIpc) is 3.20. The van der Waals surface area contributed by atoms with E-state index in [1.165, 1.54) is 18.5 Å². The molecule has 2 N–H and O–H groups in total. The summed E-state index contributed by atoms with van der Waals surface area (Å²) in [6.45, 7) is 3.09. The van der Waals surface area contributed by atoms with E-state index in [0.717, 1.165) is 43.0 Å². The van der Waals surface area contributed by atoms with Crippen LogP contribution in [0.3, 0.4) is 0 Å². The molecule has 1 atom stereocenters. The van der Waals surface area contributed by atoms with E-state index >= 15 is 0 Å². The Morgan fingerprint density at radius 2 is 2.24 bits per heavy atom. The van der Waals surface area contributed by atoms with E-state index < -0.39 is 0 Å². The highest BCUT2D eigenvalue weighted by atomic mass is 35.5. The van der Waals surface area contributed by atoms with Crippen molar-refractivity contribution in [3.8, 4) is 0 Å². The molecule has 0 amide bonds. The molecule has 1 heterocycles. The van der Waals surface area contributed by atoms with Crippen molar-refractivity contribution in [2.45, 2.75) is 25.3 Å². The highest BCUT2D eigenvalue weighted by Gasteiger charge is 2.25. The monoisotopic (exact) mass is 306 g/mol. The zero-order valence-electron chi connectivity index (χ0n) is 12.5. The third-order valence-electron chi connectivity index (χ3n) is 4.18. The number of anilines is 1. The van der Waals surface area contributed by atoms with E-state index in [1.807, 2.05) is 25.2 Å². The molecule has 1 saturated heterocycles. The van der Waals surface area contributed by atoms with Gasteiger partial charge < -0.3 is 15.5 Å². The molecule has 1 aliphatic heterocycles. The van der Waals surface area contributed by atoms with Crippen LogP contribution in [-0.2, 0) is 0 Å². The van der Waals surface area contributed by atoms with E-state index in [9.17, 15) is 0 Å². The third-order valence-corrected chi connectivity index (χ3v) is 4.42. The minimum Gasteiger partial charge on any atom is -0.369 e. The highest BCUT2D eigenvalue weighted by Crippen LogP contribution is 2.27. The van der Waals surface area contributed by atoms with E-state index in [1.54, 1.807) is 0 Å². The number of hydrogen-bond acceptors (Lipinski definition) is 2. The van der Waals surface area contributed by atoms with Gasteiger partial charge in [-0.1, -0.05) is 17.7 Å². The van der Waals surface area contributed by atoms with Crippen LogP contribution in [0, 0.1) is 5.92 Å². The Balaban J connectivity index is 1.51. The number of rotatable bonds is 4. The molecule has 1 aromatic rings. The van der Waals surface area contributed by atoms with Gasteiger partial charge in [0, 0.05) is 43.4 Å². The molecule has 2 aliphatic rings. The molecule has 2 fully saturated rings. The first-order valence-electron chi connectivity index (χ1n) is 7.72. The van der Waals surface area contributed by atoms with Gasteiger partial charge in [0.1, 0.15) is 0 Å². The van der Waals surface area contributed by atoms with Crippen LogP contribution in [0.4, 0.5) is 5.69 Å². The van der Waals surface area contributed by atoms with Crippen LogP contribution >= 0.6 is 11.6 Å². The van der Waals surface area contributed by atoms with Crippen molar-refractivity contribution < 1.29 is 0 Å². The van der Waals surface area contributed by atoms with Crippen LogP contribution in [0.15, 0.2) is 29.3 Å². The SMILES string of the molecule is CN=C(NCC1CC1)NC1CCN(c2cccc(Cl)c2)C1. The minimum atomic E-state index is 0.439. The third kappa shape index (κ3) is 4.03. The van der Waals surface area contributed by atoms with Crippen LogP contribution in [0.5, 0.6) is 0 Å². The summed E-state index contributed by atoms with van der Waals surface area (Å²) >= 11 is 6.07. The summed E-state index contributed by atoms with van der Waals surface area (Å²) < 4.78 is 0. The van der Waals surface area contributed by atoms with Gasteiger partial charge >= 0.3 is 0 Å². The summed E-state index contributed by atoms with van der Waals surface area (Å²) in [6, 6.07) is 8.52. The molecule has 1 saturated carbocycles. The number of benzene rings is 1. The summed E-state index contributed by atoms with van der Waals surface area (Å²) in [5.74, 6) is 1.79. The van der Waals surface area contributed by atoms with E-state index in [0.29, 0.717) is 6.04 Å². The fourth-order valence-electron chi connectivity index (χ4n) is 2.74. The molecule has 0 bridgehead atoms. The van der Waals surface area contributed by atoms with Crippen molar-refractivity contribution in [3.63, 3.8) is 0 Å². The molecule has 3 rings (SSSR count). The molecule has 1 aliphatic carbocycles. The van der Waals surface area contributed by atoms with Crippen molar-refractivity contribution in [1.82, 2.24) is 10.6 Å². The molecule has 5 heteroatoms. The van der Waals surface area contributed by atoms with Crippen molar-refractivity contribution in [3.05, 3.63) is 29.3 Å². The lowest BCUT2D eigenvalue weighted by atomic mass is 10.2. The molecular weight excluding hydrogens is 284 g/mol. The average molecular weight is 307 g/mol. The first-order chi connectivity index (χ1) is 10.2. The van der Waals surface area contributed by atoms with Gasteiger partial charge in [-0.3, -0.25) is 4.99 Å². The number of nitrogens with one attached hydrogen (secondary N) is 2. The van der Waals surface area contributed by atoms with Crippen molar-refractivity contribution in [1.29, 1.82) is 0 Å². The molecule has 4 nitrogen and oxygen atoms in total. The maximum Gasteiger partial charge on any atom is 0.191 e. The molecule has 0 aromatic heterocycles. The fraction of sp³-hybridized carbons (Fsp3) is 0.562. The number of nitrogens with zero attached hydrogens (tertiary/aromatic N) is 2. The van der Waals surface area contributed by atoms with Crippen LogP contribution < -0.4 is 15.5 Å². The highest BCUT2D eigenvalue weighted by molar-refractivity contribution is 6.30. The lowest BCUT2D eigenvalue weighted by Gasteiger charge is -2.20. The van der Waals surface area contributed by atoms with E-state index in [4.69, 9.17) is 11.6 Å². The lowest BCUT2D eigenvalue weighted by molar-refractivity contribution is 0.641. The summed E-state index contributed by atoms with van der Waals surface area (Å²) in [5, 5.41) is 7.75. The first kappa shape index (κ1) is 14.5. The zero-order valence-corrected chi connectivity index (χ0v) is 13.2. The van der Waals surface area contributed by atoms with Crippen molar-refractivity contribution in [2.75, 3.05) is 31.6 Å². The molecule has 0 radical (unpaired) electrons. The predicted molar refractivity (Wildman–Crippen MR) is 89.3 cm³/mol. The van der Waals surface area contributed by atoms with Gasteiger partial charge in [0.25, 0.3) is 0 Å². The Labute approximate surface area is 131 Å². The van der Waals surface area contributed by atoms with E-state index in [2.05, 4.69) is 26.6 Å². The predicted octanol–water partition coefficient (Wildman–Crippen LogP) is 2.49. The van der Waals surface area contributed by atoms with Gasteiger partial charge in [-0.2, -0.15) is 0 Å². The number of hydrogen-bond donors (Lipinski definition) is 2.